The summed E-state index contributed by atoms with van der Waals surface area (Å²) in [5.41, 5.74) is 4.59. The summed E-state index contributed by atoms with van der Waals surface area (Å²) < 4.78 is 5.67. The van der Waals surface area contributed by atoms with E-state index >= 15 is 0 Å². The number of aromatic nitrogens is 1. The quantitative estimate of drug-likeness (QED) is 0.861. The van der Waals surface area contributed by atoms with E-state index in [4.69, 9.17) is 16.3 Å². The molecule has 0 bridgehead atoms. The minimum atomic E-state index is -0.604. The number of amides is 1. The monoisotopic (exact) mass is 359 g/mol. The molecule has 1 aromatic carbocycles. The van der Waals surface area contributed by atoms with Gasteiger partial charge >= 0.3 is 0 Å². The van der Waals surface area contributed by atoms with E-state index in [1.165, 1.54) is 11.1 Å². The molecule has 1 aliphatic rings. The van der Waals surface area contributed by atoms with E-state index in [1.807, 2.05) is 13.1 Å². The van der Waals surface area contributed by atoms with Gasteiger partial charge in [0.25, 0.3) is 5.91 Å². The molecule has 1 amide bonds. The first-order chi connectivity index (χ1) is 12.0. The number of fused-ring (bicyclic) bond motifs is 1. The van der Waals surface area contributed by atoms with E-state index in [1.54, 1.807) is 31.2 Å². The summed E-state index contributed by atoms with van der Waals surface area (Å²) in [6.07, 6.45) is 2.28. The molecule has 1 aliphatic heterocycles. The lowest BCUT2D eigenvalue weighted by Gasteiger charge is -2.22. The Morgan fingerprint density at radius 2 is 2.32 bits per heavy atom. The van der Waals surface area contributed by atoms with Crippen molar-refractivity contribution in [3.8, 4) is 5.75 Å². The Labute approximate surface area is 152 Å². The van der Waals surface area contributed by atoms with Crippen LogP contribution >= 0.6 is 11.6 Å². The number of carbonyl (C=O) groups is 1. The van der Waals surface area contributed by atoms with Crippen LogP contribution in [0.4, 0.5) is 0 Å². The summed E-state index contributed by atoms with van der Waals surface area (Å²) in [6.45, 7) is 5.95. The number of halogens is 1. The Hall–Kier alpha value is -2.11. The van der Waals surface area contributed by atoms with E-state index in [9.17, 15) is 4.79 Å². The van der Waals surface area contributed by atoms with Gasteiger partial charge in [-0.2, -0.15) is 0 Å². The van der Waals surface area contributed by atoms with Crippen molar-refractivity contribution in [1.29, 1.82) is 0 Å². The van der Waals surface area contributed by atoms with Crippen LogP contribution in [0.5, 0.6) is 5.75 Å². The standard InChI is InChI=1S/C19H22ClN3O2/c1-12-18(17-6-7-21-9-14(17)10-22-12)11-23-19(24)13(2)25-16-5-3-4-15(20)8-16/h3-5,8,10,13,21H,6-7,9,11H2,1-2H3,(H,23,24)/t13-/m0/s1. The lowest BCUT2D eigenvalue weighted by molar-refractivity contribution is -0.127. The van der Waals surface area contributed by atoms with Crippen LogP contribution in [0.2, 0.25) is 5.02 Å². The second kappa shape index (κ2) is 7.85. The molecule has 0 saturated carbocycles. The number of carbonyl (C=O) groups excluding carboxylic acids is 1. The smallest absolute Gasteiger partial charge is 0.261 e. The largest absolute Gasteiger partial charge is 0.481 e. The fourth-order valence-electron chi connectivity index (χ4n) is 2.99. The molecule has 0 radical (unpaired) electrons. The predicted octanol–water partition coefficient (Wildman–Crippen LogP) is 2.77. The topological polar surface area (TPSA) is 63.2 Å². The third kappa shape index (κ3) is 4.30. The Bertz CT molecular complexity index is 779. The van der Waals surface area contributed by atoms with E-state index in [0.717, 1.165) is 30.8 Å². The van der Waals surface area contributed by atoms with Gasteiger partial charge in [-0.3, -0.25) is 9.78 Å². The molecule has 0 spiro atoms. The molecule has 1 atom stereocenters. The zero-order valence-electron chi connectivity index (χ0n) is 14.4. The average molecular weight is 360 g/mol. The molecule has 2 aromatic rings. The van der Waals surface area contributed by atoms with Crippen molar-refractivity contribution >= 4 is 17.5 Å². The molecule has 132 valence electrons. The zero-order valence-corrected chi connectivity index (χ0v) is 15.2. The van der Waals surface area contributed by atoms with Crippen molar-refractivity contribution in [1.82, 2.24) is 15.6 Å². The molecule has 1 aromatic heterocycles. The molecule has 25 heavy (non-hydrogen) atoms. The molecule has 0 fully saturated rings. The Morgan fingerprint density at radius 1 is 1.48 bits per heavy atom. The van der Waals surface area contributed by atoms with Gasteiger partial charge in [0.15, 0.2) is 6.10 Å². The van der Waals surface area contributed by atoms with Crippen molar-refractivity contribution in [2.75, 3.05) is 6.54 Å². The minimum absolute atomic E-state index is 0.161. The first-order valence-electron chi connectivity index (χ1n) is 8.41. The molecule has 5 nitrogen and oxygen atoms in total. The Kier molecular flexibility index (Phi) is 5.56. The number of nitrogens with one attached hydrogen (secondary N) is 2. The second-order valence-corrected chi connectivity index (χ2v) is 6.62. The maximum absolute atomic E-state index is 12.4. The predicted molar refractivity (Wildman–Crippen MR) is 97.8 cm³/mol. The highest BCUT2D eigenvalue weighted by Crippen LogP contribution is 2.21. The van der Waals surface area contributed by atoms with Crippen LogP contribution in [0.25, 0.3) is 0 Å². The lowest BCUT2D eigenvalue weighted by atomic mass is 9.96. The minimum Gasteiger partial charge on any atom is -0.481 e. The number of nitrogens with zero attached hydrogens (tertiary/aromatic N) is 1. The summed E-state index contributed by atoms with van der Waals surface area (Å²) in [5, 5.41) is 6.89. The normalized spacial score (nSPS) is 14.5. The lowest BCUT2D eigenvalue weighted by Crippen LogP contribution is -2.36. The van der Waals surface area contributed by atoms with Crippen LogP contribution in [0.1, 0.15) is 29.3 Å². The molecule has 6 heteroatoms. The van der Waals surface area contributed by atoms with Crippen LogP contribution in [-0.2, 0) is 24.3 Å². The van der Waals surface area contributed by atoms with E-state index in [-0.39, 0.29) is 5.91 Å². The van der Waals surface area contributed by atoms with Crippen molar-refractivity contribution in [3.63, 3.8) is 0 Å². The van der Waals surface area contributed by atoms with Gasteiger partial charge < -0.3 is 15.4 Å². The highest BCUT2D eigenvalue weighted by atomic mass is 35.5. The van der Waals surface area contributed by atoms with Gasteiger partial charge in [-0.1, -0.05) is 17.7 Å². The van der Waals surface area contributed by atoms with Gasteiger partial charge in [-0.25, -0.2) is 0 Å². The number of rotatable bonds is 5. The Morgan fingerprint density at radius 3 is 3.12 bits per heavy atom. The van der Waals surface area contributed by atoms with Gasteiger partial charge in [-0.15, -0.1) is 0 Å². The van der Waals surface area contributed by atoms with E-state index in [2.05, 4.69) is 15.6 Å². The van der Waals surface area contributed by atoms with Gasteiger partial charge in [-0.05, 0) is 61.7 Å². The maximum Gasteiger partial charge on any atom is 0.261 e. The number of hydrogen-bond donors (Lipinski definition) is 2. The van der Waals surface area contributed by atoms with Crippen molar-refractivity contribution in [2.24, 2.45) is 0 Å². The fourth-order valence-corrected chi connectivity index (χ4v) is 3.18. The highest BCUT2D eigenvalue weighted by Gasteiger charge is 2.19. The van der Waals surface area contributed by atoms with E-state index in [0.29, 0.717) is 17.3 Å². The van der Waals surface area contributed by atoms with Crippen LogP contribution in [-0.4, -0.2) is 23.5 Å². The SMILES string of the molecule is Cc1ncc2c(c1CNC(=O)[C@H](C)Oc1cccc(Cl)c1)CCNC2. The van der Waals surface area contributed by atoms with Gasteiger partial charge in [0, 0.05) is 30.0 Å². The molecular formula is C19H22ClN3O2. The summed E-state index contributed by atoms with van der Waals surface area (Å²) in [5.74, 6) is 0.419. The average Bonchev–Trinajstić information content (AvgIpc) is 2.60. The van der Waals surface area contributed by atoms with Crippen LogP contribution in [0, 0.1) is 6.92 Å². The molecule has 2 N–H and O–H groups in total. The number of benzene rings is 1. The highest BCUT2D eigenvalue weighted by molar-refractivity contribution is 6.30. The fraction of sp³-hybridized carbons (Fsp3) is 0.368. The molecule has 0 aliphatic carbocycles. The van der Waals surface area contributed by atoms with E-state index < -0.39 is 6.10 Å². The molecule has 3 rings (SSSR count). The van der Waals surface area contributed by atoms with Crippen LogP contribution < -0.4 is 15.4 Å². The summed E-state index contributed by atoms with van der Waals surface area (Å²) >= 11 is 5.94. The number of ether oxygens (including phenoxy) is 1. The summed E-state index contributed by atoms with van der Waals surface area (Å²) in [4.78, 5) is 16.8. The number of aryl methyl sites for hydroxylation is 1. The Balaban J connectivity index is 1.64. The third-order valence-corrected chi connectivity index (χ3v) is 4.62. The van der Waals surface area contributed by atoms with Gasteiger partial charge in [0.2, 0.25) is 0 Å². The first kappa shape index (κ1) is 17.7. The van der Waals surface area contributed by atoms with Gasteiger partial charge in [0.05, 0.1) is 0 Å². The third-order valence-electron chi connectivity index (χ3n) is 4.39. The maximum atomic E-state index is 12.4. The first-order valence-corrected chi connectivity index (χ1v) is 8.79. The van der Waals surface area contributed by atoms with Gasteiger partial charge in [0.1, 0.15) is 5.75 Å². The molecule has 0 unspecified atom stereocenters. The molecule has 0 saturated heterocycles. The summed E-state index contributed by atoms with van der Waals surface area (Å²) in [7, 11) is 0. The second-order valence-electron chi connectivity index (χ2n) is 6.19. The molecular weight excluding hydrogens is 338 g/mol. The van der Waals surface area contributed by atoms with Crippen molar-refractivity contribution < 1.29 is 9.53 Å². The molecule has 2 heterocycles. The zero-order chi connectivity index (χ0) is 17.8. The van der Waals surface area contributed by atoms with Crippen molar-refractivity contribution in [2.45, 2.75) is 39.5 Å². The van der Waals surface area contributed by atoms with Crippen LogP contribution in [0.3, 0.4) is 0 Å². The number of hydrogen-bond acceptors (Lipinski definition) is 4. The summed E-state index contributed by atoms with van der Waals surface area (Å²) in [6, 6.07) is 7.04. The van der Waals surface area contributed by atoms with Crippen molar-refractivity contribution in [3.05, 3.63) is 57.9 Å². The number of pyridine rings is 1. The van der Waals surface area contributed by atoms with Crippen LogP contribution in [0.15, 0.2) is 30.5 Å².